The standard InChI is InChI=1S/C19H19ClN2O3/c1-13(19(24)21-15-6-2-5-14(20)11-15)25-17-8-3-7-16(12-17)22-10-4-9-18(22)23/h2-3,5-8,11-13H,4,9-10H2,1H3,(H,21,24)/t13-/m1/s1. The number of carbonyl (C=O) groups excluding carboxylic acids is 2. The predicted molar refractivity (Wildman–Crippen MR) is 98.2 cm³/mol. The summed E-state index contributed by atoms with van der Waals surface area (Å²) < 4.78 is 5.73. The van der Waals surface area contributed by atoms with Crippen molar-refractivity contribution in [3.05, 3.63) is 53.6 Å². The van der Waals surface area contributed by atoms with Crippen molar-refractivity contribution in [2.75, 3.05) is 16.8 Å². The van der Waals surface area contributed by atoms with Gasteiger partial charge in [-0.1, -0.05) is 23.7 Å². The maximum Gasteiger partial charge on any atom is 0.265 e. The van der Waals surface area contributed by atoms with Crippen LogP contribution in [0.2, 0.25) is 5.02 Å². The quantitative estimate of drug-likeness (QED) is 0.882. The fourth-order valence-corrected chi connectivity index (χ4v) is 2.90. The zero-order chi connectivity index (χ0) is 17.8. The second-order valence-corrected chi connectivity index (χ2v) is 6.34. The summed E-state index contributed by atoms with van der Waals surface area (Å²) in [5.41, 5.74) is 1.41. The molecule has 2 aromatic rings. The first-order chi connectivity index (χ1) is 12.0. The summed E-state index contributed by atoms with van der Waals surface area (Å²) in [6, 6.07) is 14.2. The minimum Gasteiger partial charge on any atom is -0.481 e. The molecule has 1 fully saturated rings. The molecule has 0 radical (unpaired) electrons. The van der Waals surface area contributed by atoms with Gasteiger partial charge in [-0.15, -0.1) is 0 Å². The fraction of sp³-hybridized carbons (Fsp3) is 0.263. The summed E-state index contributed by atoms with van der Waals surface area (Å²) in [6.07, 6.45) is 0.745. The molecule has 130 valence electrons. The van der Waals surface area contributed by atoms with Gasteiger partial charge in [-0.2, -0.15) is 0 Å². The van der Waals surface area contributed by atoms with Crippen molar-refractivity contribution in [3.8, 4) is 5.75 Å². The van der Waals surface area contributed by atoms with Gasteiger partial charge in [0, 0.05) is 35.4 Å². The van der Waals surface area contributed by atoms with E-state index in [1.54, 1.807) is 48.2 Å². The molecule has 0 aromatic heterocycles. The number of ether oxygens (including phenoxy) is 1. The highest BCUT2D eigenvalue weighted by molar-refractivity contribution is 6.30. The van der Waals surface area contributed by atoms with Crippen LogP contribution in [-0.4, -0.2) is 24.5 Å². The van der Waals surface area contributed by atoms with Crippen molar-refractivity contribution < 1.29 is 14.3 Å². The highest BCUT2D eigenvalue weighted by Crippen LogP contribution is 2.26. The molecular weight excluding hydrogens is 340 g/mol. The van der Waals surface area contributed by atoms with E-state index in [0.29, 0.717) is 29.4 Å². The van der Waals surface area contributed by atoms with E-state index in [9.17, 15) is 9.59 Å². The number of nitrogens with one attached hydrogen (secondary N) is 1. The minimum absolute atomic E-state index is 0.115. The first-order valence-corrected chi connectivity index (χ1v) is 8.54. The molecule has 25 heavy (non-hydrogen) atoms. The molecule has 2 aromatic carbocycles. The lowest BCUT2D eigenvalue weighted by atomic mass is 10.2. The molecule has 0 spiro atoms. The van der Waals surface area contributed by atoms with Gasteiger partial charge in [-0.3, -0.25) is 9.59 Å². The molecule has 3 rings (SSSR count). The monoisotopic (exact) mass is 358 g/mol. The molecule has 1 saturated heterocycles. The lowest BCUT2D eigenvalue weighted by Gasteiger charge is -2.19. The van der Waals surface area contributed by atoms with E-state index in [1.165, 1.54) is 0 Å². The maximum absolute atomic E-state index is 12.3. The van der Waals surface area contributed by atoms with Gasteiger partial charge >= 0.3 is 0 Å². The van der Waals surface area contributed by atoms with Crippen LogP contribution in [0.5, 0.6) is 5.75 Å². The number of hydrogen-bond acceptors (Lipinski definition) is 3. The molecule has 1 aliphatic rings. The first-order valence-electron chi connectivity index (χ1n) is 8.16. The Morgan fingerprint density at radius 2 is 2.04 bits per heavy atom. The van der Waals surface area contributed by atoms with Gasteiger partial charge in [-0.25, -0.2) is 0 Å². The summed E-state index contributed by atoms with van der Waals surface area (Å²) in [6.45, 7) is 2.39. The minimum atomic E-state index is -0.691. The van der Waals surface area contributed by atoms with E-state index in [1.807, 2.05) is 12.1 Å². The molecule has 0 bridgehead atoms. The summed E-state index contributed by atoms with van der Waals surface area (Å²) in [5, 5.41) is 3.32. The summed E-state index contributed by atoms with van der Waals surface area (Å²) in [4.78, 5) is 25.9. The molecule has 1 heterocycles. The maximum atomic E-state index is 12.3. The smallest absolute Gasteiger partial charge is 0.265 e. The molecule has 0 aliphatic carbocycles. The molecule has 6 heteroatoms. The number of hydrogen-bond donors (Lipinski definition) is 1. The number of anilines is 2. The molecule has 5 nitrogen and oxygen atoms in total. The fourth-order valence-electron chi connectivity index (χ4n) is 2.71. The van der Waals surface area contributed by atoms with E-state index in [-0.39, 0.29) is 11.8 Å². The summed E-state index contributed by atoms with van der Waals surface area (Å²) in [5.74, 6) is 0.389. The zero-order valence-electron chi connectivity index (χ0n) is 13.9. The van der Waals surface area contributed by atoms with Crippen LogP contribution in [0.15, 0.2) is 48.5 Å². The van der Waals surface area contributed by atoms with Gasteiger partial charge in [0.15, 0.2) is 6.10 Å². The van der Waals surface area contributed by atoms with E-state index in [2.05, 4.69) is 5.32 Å². The SMILES string of the molecule is C[C@@H](Oc1cccc(N2CCCC2=O)c1)C(=O)Nc1cccc(Cl)c1. The second kappa shape index (κ2) is 7.57. The number of benzene rings is 2. The predicted octanol–water partition coefficient (Wildman–Crippen LogP) is 3.87. The van der Waals surface area contributed by atoms with Crippen molar-refractivity contribution in [1.82, 2.24) is 0 Å². The number of nitrogens with zero attached hydrogens (tertiary/aromatic N) is 1. The van der Waals surface area contributed by atoms with Crippen LogP contribution in [0.1, 0.15) is 19.8 Å². The normalized spacial score (nSPS) is 15.1. The number of carbonyl (C=O) groups is 2. The molecule has 0 saturated carbocycles. The average Bonchev–Trinajstić information content (AvgIpc) is 3.01. The number of amides is 2. The Kier molecular flexibility index (Phi) is 5.24. The van der Waals surface area contributed by atoms with Crippen LogP contribution >= 0.6 is 11.6 Å². The molecule has 1 aliphatic heterocycles. The zero-order valence-corrected chi connectivity index (χ0v) is 14.6. The van der Waals surface area contributed by atoms with E-state index in [0.717, 1.165) is 12.1 Å². The number of halogens is 1. The average molecular weight is 359 g/mol. The first kappa shape index (κ1) is 17.3. The van der Waals surface area contributed by atoms with Crippen molar-refractivity contribution in [2.45, 2.75) is 25.9 Å². The van der Waals surface area contributed by atoms with E-state index in [4.69, 9.17) is 16.3 Å². The number of rotatable bonds is 5. The van der Waals surface area contributed by atoms with Gasteiger partial charge in [0.1, 0.15) is 5.75 Å². The van der Waals surface area contributed by atoms with Crippen LogP contribution in [0.3, 0.4) is 0 Å². The Labute approximate surface area is 151 Å². The van der Waals surface area contributed by atoms with E-state index < -0.39 is 6.10 Å². The lowest BCUT2D eigenvalue weighted by molar-refractivity contribution is -0.122. The largest absolute Gasteiger partial charge is 0.481 e. The van der Waals surface area contributed by atoms with Gasteiger partial charge in [0.25, 0.3) is 5.91 Å². The van der Waals surface area contributed by atoms with Crippen molar-refractivity contribution in [3.63, 3.8) is 0 Å². The van der Waals surface area contributed by atoms with Crippen LogP contribution < -0.4 is 15.0 Å². The Hall–Kier alpha value is -2.53. The third-order valence-electron chi connectivity index (χ3n) is 3.98. The van der Waals surface area contributed by atoms with Crippen molar-refractivity contribution in [2.24, 2.45) is 0 Å². The summed E-state index contributed by atoms with van der Waals surface area (Å²) >= 11 is 5.91. The highest BCUT2D eigenvalue weighted by Gasteiger charge is 2.22. The second-order valence-electron chi connectivity index (χ2n) is 5.91. The highest BCUT2D eigenvalue weighted by atomic mass is 35.5. The molecular formula is C19H19ClN2O3. The Morgan fingerprint density at radius 3 is 2.76 bits per heavy atom. The Balaban J connectivity index is 1.65. The van der Waals surface area contributed by atoms with Crippen LogP contribution in [0.4, 0.5) is 11.4 Å². The van der Waals surface area contributed by atoms with Crippen LogP contribution in [0.25, 0.3) is 0 Å². The molecule has 1 N–H and O–H groups in total. The van der Waals surface area contributed by atoms with E-state index >= 15 is 0 Å². The Morgan fingerprint density at radius 1 is 1.24 bits per heavy atom. The third kappa shape index (κ3) is 4.31. The topological polar surface area (TPSA) is 58.6 Å². The Bertz CT molecular complexity index is 794. The summed E-state index contributed by atoms with van der Waals surface area (Å²) in [7, 11) is 0. The van der Waals surface area contributed by atoms with Crippen LogP contribution in [-0.2, 0) is 9.59 Å². The van der Waals surface area contributed by atoms with Crippen molar-refractivity contribution >= 4 is 34.8 Å². The molecule has 2 amide bonds. The molecule has 1 atom stereocenters. The van der Waals surface area contributed by atoms with Crippen molar-refractivity contribution in [1.29, 1.82) is 0 Å². The molecule has 0 unspecified atom stereocenters. The third-order valence-corrected chi connectivity index (χ3v) is 4.21. The van der Waals surface area contributed by atoms with Crippen LogP contribution in [0, 0.1) is 0 Å². The van der Waals surface area contributed by atoms with Gasteiger partial charge in [0.2, 0.25) is 5.91 Å². The lowest BCUT2D eigenvalue weighted by Crippen LogP contribution is -2.30. The van der Waals surface area contributed by atoms with Gasteiger partial charge in [-0.05, 0) is 43.7 Å². The van der Waals surface area contributed by atoms with Gasteiger partial charge < -0.3 is 15.0 Å². The van der Waals surface area contributed by atoms with Gasteiger partial charge in [0.05, 0.1) is 0 Å².